The van der Waals surface area contributed by atoms with E-state index in [1.807, 2.05) is 19.1 Å². The lowest BCUT2D eigenvalue weighted by molar-refractivity contribution is 0.178. The predicted octanol–water partition coefficient (Wildman–Crippen LogP) is 3.15. The van der Waals surface area contributed by atoms with Crippen LogP contribution in [0.3, 0.4) is 0 Å². The van der Waals surface area contributed by atoms with Gasteiger partial charge in [-0.05, 0) is 30.5 Å². The van der Waals surface area contributed by atoms with Crippen LogP contribution in [-0.4, -0.2) is 31.7 Å². The van der Waals surface area contributed by atoms with Gasteiger partial charge in [0.15, 0.2) is 11.5 Å². The average molecular weight is 326 g/mol. The predicted molar refractivity (Wildman–Crippen MR) is 96.5 cm³/mol. The number of rotatable bonds is 6. The summed E-state index contributed by atoms with van der Waals surface area (Å²) in [6, 6.07) is 14.8. The molecule has 0 bridgehead atoms. The number of benzene rings is 2. The minimum Gasteiger partial charge on any atom is -0.493 e. The molecule has 1 atom stereocenters. The van der Waals surface area contributed by atoms with Crippen molar-refractivity contribution in [2.75, 3.05) is 26.8 Å². The highest BCUT2D eigenvalue weighted by atomic mass is 16.5. The Morgan fingerprint density at radius 1 is 1.12 bits per heavy atom. The van der Waals surface area contributed by atoms with Crippen LogP contribution < -0.4 is 15.2 Å². The zero-order chi connectivity index (χ0) is 16.9. The van der Waals surface area contributed by atoms with Crippen molar-refractivity contribution in [3.05, 3.63) is 59.2 Å². The lowest BCUT2D eigenvalue weighted by atomic mass is 9.96. The Kier molecular flexibility index (Phi) is 5.38. The fraction of sp³-hybridized carbons (Fsp3) is 0.400. The van der Waals surface area contributed by atoms with Crippen molar-refractivity contribution in [1.29, 1.82) is 0 Å². The molecule has 128 valence electrons. The molecule has 0 aliphatic carbocycles. The first kappa shape index (κ1) is 16.8. The number of ether oxygens (including phenoxy) is 2. The van der Waals surface area contributed by atoms with Crippen LogP contribution in [0.2, 0.25) is 0 Å². The molecule has 0 amide bonds. The quantitative estimate of drug-likeness (QED) is 0.886. The highest BCUT2D eigenvalue weighted by molar-refractivity contribution is 5.48. The molecule has 4 nitrogen and oxygen atoms in total. The van der Waals surface area contributed by atoms with Gasteiger partial charge in [0.25, 0.3) is 0 Å². The third-order valence-electron chi connectivity index (χ3n) is 4.70. The number of fused-ring (bicyclic) bond motifs is 1. The number of hydrogen-bond donors (Lipinski definition) is 1. The number of nitrogens with zero attached hydrogens (tertiary/aromatic N) is 1. The lowest BCUT2D eigenvalue weighted by Gasteiger charge is -2.36. The van der Waals surface area contributed by atoms with E-state index in [0.717, 1.165) is 36.6 Å². The summed E-state index contributed by atoms with van der Waals surface area (Å²) in [6.45, 7) is 5.07. The Balaban J connectivity index is 1.92. The third-order valence-corrected chi connectivity index (χ3v) is 4.70. The summed E-state index contributed by atoms with van der Waals surface area (Å²) in [5, 5.41) is 0. The molecular weight excluding hydrogens is 300 g/mol. The van der Waals surface area contributed by atoms with Crippen LogP contribution in [0.15, 0.2) is 42.5 Å². The van der Waals surface area contributed by atoms with Gasteiger partial charge in [-0.2, -0.15) is 0 Å². The fourth-order valence-corrected chi connectivity index (χ4v) is 3.51. The summed E-state index contributed by atoms with van der Waals surface area (Å²) >= 11 is 0. The van der Waals surface area contributed by atoms with E-state index in [1.54, 1.807) is 7.11 Å². The summed E-state index contributed by atoms with van der Waals surface area (Å²) in [7, 11) is 1.68. The van der Waals surface area contributed by atoms with Gasteiger partial charge in [0.1, 0.15) is 0 Å². The van der Waals surface area contributed by atoms with Crippen molar-refractivity contribution >= 4 is 0 Å². The monoisotopic (exact) mass is 326 g/mol. The Morgan fingerprint density at radius 3 is 2.62 bits per heavy atom. The van der Waals surface area contributed by atoms with Crippen LogP contribution in [0.1, 0.15) is 29.7 Å². The zero-order valence-electron chi connectivity index (χ0n) is 14.5. The molecule has 4 heteroatoms. The second-order valence-electron chi connectivity index (χ2n) is 6.05. The van der Waals surface area contributed by atoms with Crippen molar-refractivity contribution in [2.24, 2.45) is 5.73 Å². The Labute approximate surface area is 144 Å². The third kappa shape index (κ3) is 3.25. The van der Waals surface area contributed by atoms with E-state index in [0.29, 0.717) is 13.2 Å². The molecule has 0 radical (unpaired) electrons. The number of para-hydroxylation sites is 1. The second-order valence-corrected chi connectivity index (χ2v) is 6.05. The largest absolute Gasteiger partial charge is 0.493 e. The van der Waals surface area contributed by atoms with E-state index >= 15 is 0 Å². The molecule has 3 rings (SSSR count). The number of methoxy groups -OCH3 is 1. The van der Waals surface area contributed by atoms with Crippen LogP contribution >= 0.6 is 0 Å². The molecule has 0 spiro atoms. The number of nitrogens with two attached hydrogens (primary N) is 1. The maximum absolute atomic E-state index is 6.17. The molecule has 2 N–H and O–H groups in total. The highest BCUT2D eigenvalue weighted by Crippen LogP contribution is 2.38. The van der Waals surface area contributed by atoms with Gasteiger partial charge in [0.2, 0.25) is 0 Å². The van der Waals surface area contributed by atoms with Gasteiger partial charge in [0, 0.05) is 25.2 Å². The molecule has 1 unspecified atom stereocenters. The molecule has 2 aromatic carbocycles. The van der Waals surface area contributed by atoms with Gasteiger partial charge in [0.05, 0.1) is 19.8 Å². The summed E-state index contributed by atoms with van der Waals surface area (Å²) in [4.78, 5) is 2.44. The van der Waals surface area contributed by atoms with Crippen molar-refractivity contribution in [3.63, 3.8) is 0 Å². The van der Waals surface area contributed by atoms with Crippen molar-refractivity contribution in [2.45, 2.75) is 25.9 Å². The van der Waals surface area contributed by atoms with Gasteiger partial charge in [-0.25, -0.2) is 0 Å². The number of hydrogen-bond acceptors (Lipinski definition) is 4. The maximum Gasteiger partial charge on any atom is 0.165 e. The Morgan fingerprint density at radius 2 is 1.92 bits per heavy atom. The van der Waals surface area contributed by atoms with E-state index in [9.17, 15) is 0 Å². The van der Waals surface area contributed by atoms with Gasteiger partial charge >= 0.3 is 0 Å². The van der Waals surface area contributed by atoms with Crippen LogP contribution in [0.5, 0.6) is 11.5 Å². The summed E-state index contributed by atoms with van der Waals surface area (Å²) in [5.41, 5.74) is 10.1. The Bertz CT molecular complexity index is 687. The SMILES string of the molecule is CCOc1c(OC)cccc1C(CN)N1CCc2ccccc2C1. The van der Waals surface area contributed by atoms with E-state index < -0.39 is 0 Å². The second kappa shape index (κ2) is 7.69. The fourth-order valence-electron chi connectivity index (χ4n) is 3.51. The Hall–Kier alpha value is -2.04. The van der Waals surface area contributed by atoms with Crippen molar-refractivity contribution < 1.29 is 9.47 Å². The van der Waals surface area contributed by atoms with Crippen LogP contribution in [0.25, 0.3) is 0 Å². The topological polar surface area (TPSA) is 47.7 Å². The molecular formula is C20H26N2O2. The molecule has 0 saturated heterocycles. The van der Waals surface area contributed by atoms with Crippen LogP contribution in [0, 0.1) is 0 Å². The maximum atomic E-state index is 6.17. The molecule has 1 aliphatic heterocycles. The minimum atomic E-state index is 0.120. The highest BCUT2D eigenvalue weighted by Gasteiger charge is 2.27. The average Bonchev–Trinajstić information content (AvgIpc) is 2.63. The molecule has 1 heterocycles. The molecule has 0 aromatic heterocycles. The zero-order valence-corrected chi connectivity index (χ0v) is 14.5. The van der Waals surface area contributed by atoms with E-state index in [2.05, 4.69) is 35.2 Å². The first-order valence-corrected chi connectivity index (χ1v) is 8.59. The molecule has 24 heavy (non-hydrogen) atoms. The van der Waals surface area contributed by atoms with Gasteiger partial charge in [-0.15, -0.1) is 0 Å². The van der Waals surface area contributed by atoms with Crippen molar-refractivity contribution in [1.82, 2.24) is 4.90 Å². The summed E-state index contributed by atoms with van der Waals surface area (Å²) in [6.07, 6.45) is 1.06. The van der Waals surface area contributed by atoms with Gasteiger partial charge in [-0.3, -0.25) is 4.90 Å². The van der Waals surface area contributed by atoms with E-state index in [1.165, 1.54) is 11.1 Å². The van der Waals surface area contributed by atoms with Crippen molar-refractivity contribution in [3.8, 4) is 11.5 Å². The first-order chi connectivity index (χ1) is 11.8. The standard InChI is InChI=1S/C20H26N2O2/c1-3-24-20-17(9-6-10-19(20)23-2)18(13-21)22-12-11-15-7-4-5-8-16(15)14-22/h4-10,18H,3,11-14,21H2,1-2H3. The normalized spacial score (nSPS) is 15.6. The lowest BCUT2D eigenvalue weighted by Crippen LogP contribution is -2.38. The molecule has 0 fully saturated rings. The smallest absolute Gasteiger partial charge is 0.165 e. The summed E-state index contributed by atoms with van der Waals surface area (Å²) < 4.78 is 11.4. The summed E-state index contributed by atoms with van der Waals surface area (Å²) in [5.74, 6) is 1.59. The van der Waals surface area contributed by atoms with E-state index in [-0.39, 0.29) is 6.04 Å². The van der Waals surface area contributed by atoms with Crippen LogP contribution in [0.4, 0.5) is 0 Å². The van der Waals surface area contributed by atoms with Crippen LogP contribution in [-0.2, 0) is 13.0 Å². The molecule has 2 aromatic rings. The van der Waals surface area contributed by atoms with Gasteiger partial charge in [-0.1, -0.05) is 36.4 Å². The molecule has 0 saturated carbocycles. The minimum absolute atomic E-state index is 0.120. The van der Waals surface area contributed by atoms with E-state index in [4.69, 9.17) is 15.2 Å². The molecule has 1 aliphatic rings. The first-order valence-electron chi connectivity index (χ1n) is 8.59. The van der Waals surface area contributed by atoms with Gasteiger partial charge < -0.3 is 15.2 Å².